The standard InChI is InChI=1S/C9H19NO/c1-6-10(5)8(11)7-9(2,3)4/h6-7H2,1-5H3. The van der Waals surface area contributed by atoms with Crippen molar-refractivity contribution in [3.63, 3.8) is 0 Å². The summed E-state index contributed by atoms with van der Waals surface area (Å²) in [4.78, 5) is 13.1. The smallest absolute Gasteiger partial charge is 0.222 e. The van der Waals surface area contributed by atoms with Crippen LogP contribution in [-0.2, 0) is 4.79 Å². The summed E-state index contributed by atoms with van der Waals surface area (Å²) < 4.78 is 0. The molecule has 0 N–H and O–H groups in total. The molecule has 0 bridgehead atoms. The number of nitrogens with zero attached hydrogens (tertiary/aromatic N) is 1. The van der Waals surface area contributed by atoms with Crippen molar-refractivity contribution >= 4 is 5.91 Å². The van der Waals surface area contributed by atoms with Gasteiger partial charge in [0.1, 0.15) is 0 Å². The van der Waals surface area contributed by atoms with Crippen LogP contribution in [-0.4, -0.2) is 24.4 Å². The second-order valence-corrected chi connectivity index (χ2v) is 4.15. The molecule has 66 valence electrons. The Hall–Kier alpha value is -0.530. The highest BCUT2D eigenvalue weighted by Crippen LogP contribution is 2.19. The zero-order valence-electron chi connectivity index (χ0n) is 8.27. The zero-order chi connectivity index (χ0) is 9.07. The molecule has 0 saturated carbocycles. The first-order chi connectivity index (χ1) is 4.87. The van der Waals surface area contributed by atoms with E-state index >= 15 is 0 Å². The highest BCUT2D eigenvalue weighted by molar-refractivity contribution is 5.76. The number of carbonyl (C=O) groups is 1. The summed E-state index contributed by atoms with van der Waals surface area (Å²) in [6, 6.07) is 0. The van der Waals surface area contributed by atoms with Crippen LogP contribution in [0.3, 0.4) is 0 Å². The molecule has 0 radical (unpaired) electrons. The summed E-state index contributed by atoms with van der Waals surface area (Å²) in [5.74, 6) is 0.236. The van der Waals surface area contributed by atoms with Gasteiger partial charge in [-0.15, -0.1) is 0 Å². The number of amides is 1. The number of carbonyl (C=O) groups excluding carboxylic acids is 1. The predicted octanol–water partition coefficient (Wildman–Crippen LogP) is 1.90. The lowest BCUT2D eigenvalue weighted by Crippen LogP contribution is -2.29. The average molecular weight is 157 g/mol. The molecule has 0 aromatic rings. The Morgan fingerprint density at radius 2 is 1.82 bits per heavy atom. The Morgan fingerprint density at radius 3 is 2.09 bits per heavy atom. The molecule has 0 atom stereocenters. The lowest BCUT2D eigenvalue weighted by Gasteiger charge is -2.21. The van der Waals surface area contributed by atoms with Crippen LogP contribution in [0.4, 0.5) is 0 Å². The quantitative estimate of drug-likeness (QED) is 0.599. The van der Waals surface area contributed by atoms with E-state index in [-0.39, 0.29) is 11.3 Å². The number of hydrogen-bond acceptors (Lipinski definition) is 1. The topological polar surface area (TPSA) is 20.3 Å². The van der Waals surface area contributed by atoms with Gasteiger partial charge in [0, 0.05) is 20.0 Å². The van der Waals surface area contributed by atoms with Gasteiger partial charge in [-0.3, -0.25) is 4.79 Å². The summed E-state index contributed by atoms with van der Waals surface area (Å²) in [6.45, 7) is 9.02. The maximum Gasteiger partial charge on any atom is 0.222 e. The second-order valence-electron chi connectivity index (χ2n) is 4.15. The molecule has 2 heteroatoms. The van der Waals surface area contributed by atoms with Crippen molar-refractivity contribution < 1.29 is 4.79 Å². The van der Waals surface area contributed by atoms with Crippen LogP contribution in [0.15, 0.2) is 0 Å². The maximum absolute atomic E-state index is 11.3. The Labute approximate surface area is 69.6 Å². The molecule has 0 spiro atoms. The average Bonchev–Trinajstić information content (AvgIpc) is 1.82. The molecule has 2 nitrogen and oxygen atoms in total. The van der Waals surface area contributed by atoms with Crippen LogP contribution in [0.2, 0.25) is 0 Å². The van der Waals surface area contributed by atoms with Gasteiger partial charge < -0.3 is 4.90 Å². The van der Waals surface area contributed by atoms with Gasteiger partial charge in [-0.25, -0.2) is 0 Å². The van der Waals surface area contributed by atoms with E-state index in [1.54, 1.807) is 4.90 Å². The fourth-order valence-electron chi connectivity index (χ4n) is 0.765. The first-order valence-corrected chi connectivity index (χ1v) is 4.11. The highest BCUT2D eigenvalue weighted by atomic mass is 16.2. The van der Waals surface area contributed by atoms with Crippen LogP contribution >= 0.6 is 0 Å². The third-order valence-corrected chi connectivity index (χ3v) is 1.58. The molecule has 0 aromatic carbocycles. The minimum atomic E-state index is 0.112. The Morgan fingerprint density at radius 1 is 1.36 bits per heavy atom. The minimum Gasteiger partial charge on any atom is -0.346 e. The van der Waals surface area contributed by atoms with Crippen LogP contribution in [0.1, 0.15) is 34.1 Å². The summed E-state index contributed by atoms with van der Waals surface area (Å²) in [5.41, 5.74) is 0.112. The van der Waals surface area contributed by atoms with Crippen molar-refractivity contribution in [2.24, 2.45) is 5.41 Å². The van der Waals surface area contributed by atoms with E-state index in [1.165, 1.54) is 0 Å². The zero-order valence-corrected chi connectivity index (χ0v) is 8.27. The first-order valence-electron chi connectivity index (χ1n) is 4.11. The van der Waals surface area contributed by atoms with Gasteiger partial charge in [0.25, 0.3) is 0 Å². The minimum absolute atomic E-state index is 0.112. The largest absolute Gasteiger partial charge is 0.346 e. The molecular weight excluding hydrogens is 138 g/mol. The Balaban J connectivity index is 3.88. The molecule has 0 saturated heterocycles. The summed E-state index contributed by atoms with van der Waals surface area (Å²) in [7, 11) is 1.84. The third-order valence-electron chi connectivity index (χ3n) is 1.58. The molecule has 1 amide bonds. The van der Waals surface area contributed by atoms with Crippen LogP contribution in [0, 0.1) is 5.41 Å². The van der Waals surface area contributed by atoms with E-state index in [0.717, 1.165) is 6.54 Å². The normalized spacial score (nSPS) is 11.4. The van der Waals surface area contributed by atoms with E-state index in [9.17, 15) is 4.79 Å². The molecule has 0 unspecified atom stereocenters. The second kappa shape index (κ2) is 3.74. The monoisotopic (exact) mass is 157 g/mol. The van der Waals surface area contributed by atoms with Gasteiger partial charge >= 0.3 is 0 Å². The third kappa shape index (κ3) is 4.82. The number of rotatable bonds is 2. The SMILES string of the molecule is CCN(C)C(=O)CC(C)(C)C. The van der Waals surface area contributed by atoms with Crippen molar-refractivity contribution in [2.45, 2.75) is 34.1 Å². The van der Waals surface area contributed by atoms with Gasteiger partial charge in [-0.1, -0.05) is 20.8 Å². The predicted molar refractivity (Wildman–Crippen MR) is 47.4 cm³/mol. The lowest BCUT2D eigenvalue weighted by molar-refractivity contribution is -0.131. The molecule has 0 aliphatic rings. The molecule has 11 heavy (non-hydrogen) atoms. The molecule has 0 aromatic heterocycles. The van der Waals surface area contributed by atoms with Gasteiger partial charge in [0.15, 0.2) is 0 Å². The fraction of sp³-hybridized carbons (Fsp3) is 0.889. The lowest BCUT2D eigenvalue weighted by atomic mass is 9.92. The maximum atomic E-state index is 11.3. The number of hydrogen-bond donors (Lipinski definition) is 0. The van der Waals surface area contributed by atoms with E-state index in [1.807, 2.05) is 14.0 Å². The van der Waals surface area contributed by atoms with Crippen molar-refractivity contribution in [3.05, 3.63) is 0 Å². The van der Waals surface area contributed by atoms with Gasteiger partial charge in [-0.05, 0) is 12.3 Å². The molecule has 0 heterocycles. The van der Waals surface area contributed by atoms with E-state index in [4.69, 9.17) is 0 Å². The van der Waals surface area contributed by atoms with Crippen LogP contribution in [0.25, 0.3) is 0 Å². The highest BCUT2D eigenvalue weighted by Gasteiger charge is 2.17. The summed E-state index contributed by atoms with van der Waals surface area (Å²) in [6.07, 6.45) is 0.636. The van der Waals surface area contributed by atoms with Crippen molar-refractivity contribution in [2.75, 3.05) is 13.6 Å². The Kier molecular flexibility index (Phi) is 3.56. The molecule has 0 rings (SSSR count). The summed E-state index contributed by atoms with van der Waals surface area (Å²) >= 11 is 0. The van der Waals surface area contributed by atoms with E-state index in [2.05, 4.69) is 20.8 Å². The van der Waals surface area contributed by atoms with E-state index < -0.39 is 0 Å². The molecular formula is C9H19NO. The van der Waals surface area contributed by atoms with Crippen molar-refractivity contribution in [3.8, 4) is 0 Å². The van der Waals surface area contributed by atoms with Crippen LogP contribution < -0.4 is 0 Å². The molecule has 0 aliphatic heterocycles. The van der Waals surface area contributed by atoms with Crippen molar-refractivity contribution in [1.29, 1.82) is 0 Å². The van der Waals surface area contributed by atoms with Crippen molar-refractivity contribution in [1.82, 2.24) is 4.90 Å². The van der Waals surface area contributed by atoms with Gasteiger partial charge in [-0.2, -0.15) is 0 Å². The summed E-state index contributed by atoms with van der Waals surface area (Å²) in [5, 5.41) is 0. The first kappa shape index (κ1) is 10.5. The van der Waals surface area contributed by atoms with Gasteiger partial charge in [0.05, 0.1) is 0 Å². The van der Waals surface area contributed by atoms with Gasteiger partial charge in [0.2, 0.25) is 5.91 Å². The van der Waals surface area contributed by atoms with Crippen LogP contribution in [0.5, 0.6) is 0 Å². The molecule has 0 fully saturated rings. The molecule has 0 aliphatic carbocycles. The fourth-order valence-corrected chi connectivity index (χ4v) is 0.765. The Bertz CT molecular complexity index is 135. The van der Waals surface area contributed by atoms with E-state index in [0.29, 0.717) is 6.42 Å².